The van der Waals surface area contributed by atoms with Gasteiger partial charge in [0.1, 0.15) is 17.2 Å². The molecule has 0 aliphatic heterocycles. The summed E-state index contributed by atoms with van der Waals surface area (Å²) in [5.74, 6) is -0.925. The number of nitrogens with zero attached hydrogens (tertiary/aromatic N) is 3. The molecule has 0 N–H and O–H groups in total. The Morgan fingerprint density at radius 3 is 2.53 bits per heavy atom. The summed E-state index contributed by atoms with van der Waals surface area (Å²) in [6.07, 6.45) is -2.13. The highest BCUT2D eigenvalue weighted by Crippen LogP contribution is 2.30. The summed E-state index contributed by atoms with van der Waals surface area (Å²) in [6.45, 7) is -0.423. The van der Waals surface area contributed by atoms with Crippen molar-refractivity contribution in [3.8, 4) is 11.3 Å². The van der Waals surface area contributed by atoms with Gasteiger partial charge in [-0.3, -0.25) is 14.8 Å². The molecule has 12 heteroatoms. The van der Waals surface area contributed by atoms with E-state index in [1.165, 1.54) is 31.4 Å². The Morgan fingerprint density at radius 2 is 1.83 bits per heavy atom. The molecule has 0 spiro atoms. The lowest BCUT2D eigenvalue weighted by atomic mass is 10.1. The molecule has 0 aliphatic rings. The third kappa shape index (κ3) is 5.60. The van der Waals surface area contributed by atoms with Crippen LogP contribution < -0.4 is 0 Å². The molecule has 0 amide bonds. The van der Waals surface area contributed by atoms with Gasteiger partial charge >= 0.3 is 6.18 Å². The van der Waals surface area contributed by atoms with Crippen molar-refractivity contribution in [1.82, 2.24) is 14.3 Å². The second kappa shape index (κ2) is 9.78. The maximum atomic E-state index is 13.4. The molecule has 0 saturated heterocycles. The number of likely N-dealkylation sites (N-methyl/N-ethyl adjacent to an activating group) is 1. The molecule has 0 atom stereocenters. The highest BCUT2D eigenvalue weighted by atomic mass is 32.2. The lowest BCUT2D eigenvalue weighted by molar-refractivity contribution is -0.137. The van der Waals surface area contributed by atoms with E-state index in [-0.39, 0.29) is 29.6 Å². The zero-order valence-electron chi connectivity index (χ0n) is 18.8. The molecular formula is C24H19F4N3O4S. The van der Waals surface area contributed by atoms with Gasteiger partial charge in [0.2, 0.25) is 5.09 Å². The number of ketones is 1. The molecule has 0 fully saturated rings. The van der Waals surface area contributed by atoms with Gasteiger partial charge in [0, 0.05) is 48.6 Å². The maximum Gasteiger partial charge on any atom is 0.417 e. The first kappa shape index (κ1) is 25.5. The highest BCUT2D eigenvalue weighted by molar-refractivity contribution is 7.89. The van der Waals surface area contributed by atoms with Crippen molar-refractivity contribution in [3.05, 3.63) is 78.0 Å². The van der Waals surface area contributed by atoms with Crippen molar-refractivity contribution in [3.63, 3.8) is 0 Å². The van der Waals surface area contributed by atoms with Gasteiger partial charge in [0.15, 0.2) is 0 Å². The van der Waals surface area contributed by atoms with E-state index in [1.54, 1.807) is 12.1 Å². The molecular weight excluding hydrogens is 502 g/mol. The number of sulfonamides is 1. The average molecular weight is 521 g/mol. The Kier molecular flexibility index (Phi) is 6.92. The summed E-state index contributed by atoms with van der Waals surface area (Å²) in [5, 5.41) is -0.126. The van der Waals surface area contributed by atoms with Crippen molar-refractivity contribution in [2.45, 2.75) is 24.1 Å². The Balaban J connectivity index is 1.39. The first-order valence-electron chi connectivity index (χ1n) is 10.6. The Hall–Kier alpha value is -3.64. The minimum atomic E-state index is -4.49. The number of aromatic nitrogens is 2. The molecule has 0 bridgehead atoms. The van der Waals surface area contributed by atoms with Crippen molar-refractivity contribution in [2.75, 3.05) is 13.6 Å². The van der Waals surface area contributed by atoms with E-state index in [0.717, 1.165) is 28.7 Å². The van der Waals surface area contributed by atoms with Crippen molar-refractivity contribution in [2.24, 2.45) is 0 Å². The fourth-order valence-corrected chi connectivity index (χ4v) is 4.55. The van der Waals surface area contributed by atoms with E-state index in [1.807, 2.05) is 0 Å². The number of rotatable bonds is 8. The van der Waals surface area contributed by atoms with Crippen LogP contribution in [0.3, 0.4) is 0 Å². The number of benzene rings is 1. The standard InChI is InChI=1S/C24H19F4N3O4S/c1-31(36(33,34)23-12-16-10-18(25)3-7-22(16)35-23)14-20(32)5-4-19-11-15(8-9-29-19)21-6-2-17(13-30-21)24(26,27)28/h2-3,6-13H,4-5,14H2,1H3. The van der Waals surface area contributed by atoms with Gasteiger partial charge in [-0.15, -0.1) is 0 Å². The number of hydrogen-bond acceptors (Lipinski definition) is 6. The van der Waals surface area contributed by atoms with Crippen LogP contribution in [0.4, 0.5) is 17.6 Å². The average Bonchev–Trinajstić information content (AvgIpc) is 3.26. The van der Waals surface area contributed by atoms with Gasteiger partial charge in [-0.1, -0.05) is 0 Å². The lowest BCUT2D eigenvalue weighted by Gasteiger charge is -2.14. The van der Waals surface area contributed by atoms with Crippen molar-refractivity contribution in [1.29, 1.82) is 0 Å². The zero-order valence-corrected chi connectivity index (χ0v) is 19.6. The van der Waals surface area contributed by atoms with Crippen LogP contribution in [0, 0.1) is 5.82 Å². The second-order valence-corrected chi connectivity index (χ2v) is 9.99. The summed E-state index contributed by atoms with van der Waals surface area (Å²) < 4.78 is 83.3. The number of halogens is 4. The van der Waals surface area contributed by atoms with Gasteiger partial charge in [0.25, 0.3) is 10.0 Å². The van der Waals surface area contributed by atoms with Crippen molar-refractivity contribution >= 4 is 26.8 Å². The number of carbonyl (C=O) groups excluding carboxylic acids is 1. The molecule has 0 saturated carbocycles. The monoisotopic (exact) mass is 521 g/mol. The molecule has 1 aromatic carbocycles. The SMILES string of the molecule is CN(CC(=O)CCc1cc(-c2ccc(C(F)(F)F)cn2)ccn1)S(=O)(=O)c1cc2cc(F)ccc2o1. The van der Waals surface area contributed by atoms with Crippen LogP contribution in [0.2, 0.25) is 0 Å². The number of aryl methyl sites for hydroxylation is 1. The van der Waals surface area contributed by atoms with E-state index in [9.17, 15) is 30.8 Å². The minimum Gasteiger partial charge on any atom is -0.443 e. The maximum absolute atomic E-state index is 13.4. The lowest BCUT2D eigenvalue weighted by Crippen LogP contribution is -2.32. The van der Waals surface area contributed by atoms with Gasteiger partial charge in [-0.2, -0.15) is 17.5 Å². The highest BCUT2D eigenvalue weighted by Gasteiger charge is 2.30. The molecule has 0 aliphatic carbocycles. The molecule has 36 heavy (non-hydrogen) atoms. The summed E-state index contributed by atoms with van der Waals surface area (Å²) >= 11 is 0. The fourth-order valence-electron chi connectivity index (χ4n) is 3.46. The normalized spacial score (nSPS) is 12.4. The number of hydrogen-bond donors (Lipinski definition) is 0. The fraction of sp³-hybridized carbons (Fsp3) is 0.208. The van der Waals surface area contributed by atoms with E-state index in [4.69, 9.17) is 4.42 Å². The van der Waals surface area contributed by atoms with Crippen LogP contribution >= 0.6 is 0 Å². The number of fused-ring (bicyclic) bond motifs is 1. The summed E-state index contributed by atoms with van der Waals surface area (Å²) in [7, 11) is -2.90. The first-order chi connectivity index (χ1) is 16.9. The number of furan rings is 1. The summed E-state index contributed by atoms with van der Waals surface area (Å²) in [5.41, 5.74) is 0.673. The molecule has 0 unspecified atom stereocenters. The van der Waals surface area contributed by atoms with Crippen molar-refractivity contribution < 1.29 is 35.2 Å². The molecule has 3 heterocycles. The predicted molar refractivity (Wildman–Crippen MR) is 122 cm³/mol. The molecule has 0 radical (unpaired) electrons. The molecule has 4 rings (SSSR count). The van der Waals surface area contributed by atoms with Gasteiger partial charge in [-0.05, 0) is 48.9 Å². The number of Topliss-reactive ketones (excluding diaryl/α,β-unsaturated/α-hetero) is 1. The van der Waals surface area contributed by atoms with Crippen LogP contribution in [0.1, 0.15) is 17.7 Å². The third-order valence-electron chi connectivity index (χ3n) is 5.38. The van der Waals surface area contributed by atoms with Crippen LogP contribution in [0.25, 0.3) is 22.2 Å². The molecule has 188 valence electrons. The zero-order chi connectivity index (χ0) is 26.1. The summed E-state index contributed by atoms with van der Waals surface area (Å²) in [4.78, 5) is 20.5. The van der Waals surface area contributed by atoms with E-state index in [2.05, 4.69) is 9.97 Å². The number of alkyl halides is 3. The number of carbonyl (C=O) groups is 1. The molecule has 7 nitrogen and oxygen atoms in total. The summed E-state index contributed by atoms with van der Waals surface area (Å²) in [6, 6.07) is 10.2. The molecule has 4 aromatic rings. The predicted octanol–water partition coefficient (Wildman–Crippen LogP) is 4.87. The van der Waals surface area contributed by atoms with E-state index >= 15 is 0 Å². The Labute approximate surface area is 203 Å². The van der Waals surface area contributed by atoms with Crippen LogP contribution in [0.15, 0.2) is 70.4 Å². The number of pyridine rings is 2. The van der Waals surface area contributed by atoms with Gasteiger partial charge in [-0.25, -0.2) is 12.8 Å². The quantitative estimate of drug-likeness (QED) is 0.307. The Morgan fingerprint density at radius 1 is 1.06 bits per heavy atom. The molecule has 3 aromatic heterocycles. The van der Waals surface area contributed by atoms with E-state index in [0.29, 0.717) is 17.0 Å². The minimum absolute atomic E-state index is 0.0257. The third-order valence-corrected chi connectivity index (χ3v) is 7.04. The Bertz CT molecular complexity index is 1520. The second-order valence-electron chi connectivity index (χ2n) is 8.01. The van der Waals surface area contributed by atoms with Crippen LogP contribution in [-0.4, -0.2) is 42.1 Å². The largest absolute Gasteiger partial charge is 0.443 e. The van der Waals surface area contributed by atoms with Gasteiger partial charge in [0.05, 0.1) is 17.8 Å². The van der Waals surface area contributed by atoms with Crippen LogP contribution in [-0.2, 0) is 27.4 Å². The smallest absolute Gasteiger partial charge is 0.417 e. The van der Waals surface area contributed by atoms with Crippen LogP contribution in [0.5, 0.6) is 0 Å². The first-order valence-corrected chi connectivity index (χ1v) is 12.0. The van der Waals surface area contributed by atoms with Gasteiger partial charge < -0.3 is 4.42 Å². The topological polar surface area (TPSA) is 93.4 Å². The van der Waals surface area contributed by atoms with E-state index < -0.39 is 39.2 Å².